The molecule has 0 bridgehead atoms. The molecule has 0 saturated heterocycles. The van der Waals surface area contributed by atoms with Gasteiger partial charge in [0.05, 0.1) is 11.5 Å². The number of benzene rings is 1. The Kier molecular flexibility index (Phi) is 2.70. The third-order valence-corrected chi connectivity index (χ3v) is 2.88. The van der Waals surface area contributed by atoms with E-state index in [-0.39, 0.29) is 17.9 Å². The first-order chi connectivity index (χ1) is 7.54. The van der Waals surface area contributed by atoms with Crippen LogP contribution in [0.15, 0.2) is 24.3 Å². The number of rotatable bonds is 3. The Bertz CT molecular complexity index is 391. The van der Waals surface area contributed by atoms with E-state index in [0.717, 1.165) is 18.4 Å². The lowest BCUT2D eigenvalue weighted by Gasteiger charge is -2.16. The van der Waals surface area contributed by atoms with Crippen LogP contribution in [0.5, 0.6) is 0 Å². The molecule has 2 nitrogen and oxygen atoms in total. The van der Waals surface area contributed by atoms with Crippen molar-refractivity contribution < 1.29 is 13.9 Å². The Morgan fingerprint density at radius 1 is 1.31 bits per heavy atom. The lowest BCUT2D eigenvalue weighted by atomic mass is 9.96. The van der Waals surface area contributed by atoms with Gasteiger partial charge in [-0.05, 0) is 44.4 Å². The molecular weight excluding hydrogens is 207 g/mol. The Hall–Kier alpha value is -1.38. The van der Waals surface area contributed by atoms with Crippen molar-refractivity contribution in [3.63, 3.8) is 0 Å². The van der Waals surface area contributed by atoms with E-state index in [1.807, 2.05) is 13.8 Å². The zero-order valence-electron chi connectivity index (χ0n) is 9.50. The number of halogens is 1. The van der Waals surface area contributed by atoms with Crippen molar-refractivity contribution in [2.75, 3.05) is 0 Å². The summed E-state index contributed by atoms with van der Waals surface area (Å²) in [5.41, 5.74) is 0.359. The molecule has 1 fully saturated rings. The second-order valence-electron chi connectivity index (χ2n) is 4.54. The van der Waals surface area contributed by atoms with Gasteiger partial charge in [0.1, 0.15) is 5.82 Å². The number of carbonyl (C=O) groups excluding carboxylic acids is 1. The highest BCUT2D eigenvalue weighted by atomic mass is 19.1. The second-order valence-corrected chi connectivity index (χ2v) is 4.54. The van der Waals surface area contributed by atoms with Gasteiger partial charge < -0.3 is 4.74 Å². The topological polar surface area (TPSA) is 26.3 Å². The van der Waals surface area contributed by atoms with Gasteiger partial charge in [0.15, 0.2) is 0 Å². The maximum absolute atomic E-state index is 12.8. The van der Waals surface area contributed by atoms with Gasteiger partial charge in [0.25, 0.3) is 0 Å². The van der Waals surface area contributed by atoms with Crippen LogP contribution in [0.4, 0.5) is 4.39 Å². The minimum absolute atomic E-state index is 0.106. The van der Waals surface area contributed by atoms with Crippen molar-refractivity contribution in [3.05, 3.63) is 35.6 Å². The fraction of sp³-hybridized carbons (Fsp3) is 0.462. The summed E-state index contributed by atoms with van der Waals surface area (Å²) in [6.07, 6.45) is 1.49. The monoisotopic (exact) mass is 222 g/mol. The predicted octanol–water partition coefficient (Wildman–Crippen LogP) is 2.81. The minimum atomic E-state index is -0.502. The van der Waals surface area contributed by atoms with E-state index < -0.39 is 5.41 Å². The molecule has 1 aromatic rings. The molecule has 0 atom stereocenters. The Morgan fingerprint density at radius 3 is 2.31 bits per heavy atom. The fourth-order valence-electron chi connectivity index (χ4n) is 1.83. The molecule has 86 valence electrons. The molecule has 0 aromatic heterocycles. The van der Waals surface area contributed by atoms with Gasteiger partial charge in [0.2, 0.25) is 0 Å². The smallest absolute Gasteiger partial charge is 0.316 e. The van der Waals surface area contributed by atoms with Gasteiger partial charge in [-0.1, -0.05) is 12.1 Å². The molecule has 0 heterocycles. The summed E-state index contributed by atoms with van der Waals surface area (Å²) in [6, 6.07) is 6.12. The third-order valence-electron chi connectivity index (χ3n) is 2.88. The van der Waals surface area contributed by atoms with Gasteiger partial charge in [0, 0.05) is 0 Å². The van der Waals surface area contributed by atoms with Crippen LogP contribution in [0, 0.1) is 5.82 Å². The van der Waals surface area contributed by atoms with Crippen molar-refractivity contribution in [2.24, 2.45) is 0 Å². The highest BCUT2D eigenvalue weighted by Crippen LogP contribution is 2.49. The first-order valence-electron chi connectivity index (χ1n) is 5.52. The van der Waals surface area contributed by atoms with Gasteiger partial charge in [-0.3, -0.25) is 4.79 Å². The van der Waals surface area contributed by atoms with Crippen LogP contribution < -0.4 is 0 Å². The van der Waals surface area contributed by atoms with Gasteiger partial charge in [-0.15, -0.1) is 0 Å². The molecule has 3 heteroatoms. The molecule has 0 amide bonds. The first-order valence-corrected chi connectivity index (χ1v) is 5.52. The van der Waals surface area contributed by atoms with Gasteiger partial charge in [-0.25, -0.2) is 4.39 Å². The molecule has 1 aliphatic rings. The van der Waals surface area contributed by atoms with Crippen LogP contribution in [-0.4, -0.2) is 12.1 Å². The summed E-state index contributed by atoms with van der Waals surface area (Å²) in [7, 11) is 0. The summed E-state index contributed by atoms with van der Waals surface area (Å²) >= 11 is 0. The standard InChI is InChI=1S/C13H15FO2/c1-9(2)16-12(15)13(7-8-13)10-3-5-11(14)6-4-10/h3-6,9H,7-8H2,1-2H3. The van der Waals surface area contributed by atoms with Crippen LogP contribution in [0.25, 0.3) is 0 Å². The summed E-state index contributed by atoms with van der Waals surface area (Å²) in [6.45, 7) is 3.66. The Morgan fingerprint density at radius 2 is 1.88 bits per heavy atom. The number of carbonyl (C=O) groups is 1. The predicted molar refractivity (Wildman–Crippen MR) is 58.5 cm³/mol. The largest absolute Gasteiger partial charge is 0.462 e. The molecule has 2 rings (SSSR count). The lowest BCUT2D eigenvalue weighted by molar-refractivity contribution is -0.150. The summed E-state index contributed by atoms with van der Waals surface area (Å²) in [4.78, 5) is 11.9. The number of hydrogen-bond acceptors (Lipinski definition) is 2. The van der Waals surface area contributed by atoms with Crippen molar-refractivity contribution in [1.29, 1.82) is 0 Å². The van der Waals surface area contributed by atoms with Crippen molar-refractivity contribution in [2.45, 2.75) is 38.2 Å². The van der Waals surface area contributed by atoms with Crippen LogP contribution in [0.2, 0.25) is 0 Å². The maximum atomic E-state index is 12.8. The highest BCUT2D eigenvalue weighted by Gasteiger charge is 2.52. The van der Waals surface area contributed by atoms with Crippen molar-refractivity contribution in [3.8, 4) is 0 Å². The molecule has 0 aliphatic heterocycles. The second kappa shape index (κ2) is 3.89. The molecule has 16 heavy (non-hydrogen) atoms. The van der Waals surface area contributed by atoms with E-state index in [4.69, 9.17) is 4.74 Å². The normalized spacial score (nSPS) is 17.2. The minimum Gasteiger partial charge on any atom is -0.462 e. The molecular formula is C13H15FO2. The van der Waals surface area contributed by atoms with E-state index in [0.29, 0.717) is 0 Å². The van der Waals surface area contributed by atoms with E-state index in [1.165, 1.54) is 12.1 Å². The third kappa shape index (κ3) is 1.94. The summed E-state index contributed by atoms with van der Waals surface area (Å²) < 4.78 is 18.0. The zero-order valence-corrected chi connectivity index (χ0v) is 9.50. The molecule has 0 N–H and O–H groups in total. The highest BCUT2D eigenvalue weighted by molar-refractivity contribution is 5.86. The van der Waals surface area contributed by atoms with Crippen LogP contribution in [0.3, 0.4) is 0 Å². The number of hydrogen-bond donors (Lipinski definition) is 0. The lowest BCUT2D eigenvalue weighted by Crippen LogP contribution is -2.25. The average Bonchev–Trinajstić information content (AvgIpc) is 2.98. The molecule has 0 spiro atoms. The number of esters is 1. The van der Waals surface area contributed by atoms with Gasteiger partial charge in [-0.2, -0.15) is 0 Å². The van der Waals surface area contributed by atoms with E-state index in [2.05, 4.69) is 0 Å². The van der Waals surface area contributed by atoms with Crippen LogP contribution in [0.1, 0.15) is 32.3 Å². The zero-order chi connectivity index (χ0) is 11.8. The molecule has 0 radical (unpaired) electrons. The SMILES string of the molecule is CC(C)OC(=O)C1(c2ccc(F)cc2)CC1. The first kappa shape index (κ1) is 11.1. The van der Waals surface area contributed by atoms with E-state index >= 15 is 0 Å². The van der Waals surface area contributed by atoms with Crippen LogP contribution in [-0.2, 0) is 14.9 Å². The molecule has 1 aliphatic carbocycles. The van der Waals surface area contributed by atoms with Crippen LogP contribution >= 0.6 is 0 Å². The number of ether oxygens (including phenoxy) is 1. The molecule has 1 aromatic carbocycles. The van der Waals surface area contributed by atoms with E-state index in [9.17, 15) is 9.18 Å². The average molecular weight is 222 g/mol. The fourth-order valence-corrected chi connectivity index (χ4v) is 1.83. The molecule has 1 saturated carbocycles. The maximum Gasteiger partial charge on any atom is 0.316 e. The van der Waals surface area contributed by atoms with E-state index in [1.54, 1.807) is 12.1 Å². The Labute approximate surface area is 94.4 Å². The van der Waals surface area contributed by atoms with Crippen molar-refractivity contribution >= 4 is 5.97 Å². The van der Waals surface area contributed by atoms with Crippen molar-refractivity contribution in [1.82, 2.24) is 0 Å². The van der Waals surface area contributed by atoms with Gasteiger partial charge >= 0.3 is 5.97 Å². The molecule has 0 unspecified atom stereocenters. The Balaban J connectivity index is 2.19. The summed E-state index contributed by atoms with van der Waals surface area (Å²) in [5, 5.41) is 0. The quantitative estimate of drug-likeness (QED) is 0.735. The summed E-state index contributed by atoms with van der Waals surface area (Å²) in [5.74, 6) is -0.467.